The normalized spacial score (nSPS) is 11.5. The number of ketones is 1. The lowest BCUT2D eigenvalue weighted by Crippen LogP contribution is -2.26. The van der Waals surface area contributed by atoms with Gasteiger partial charge >= 0.3 is 5.63 Å². The third-order valence-electron chi connectivity index (χ3n) is 4.08. The Balaban J connectivity index is 2.04. The average Bonchev–Trinajstić information content (AvgIpc) is 2.59. The zero-order valence-electron chi connectivity index (χ0n) is 14.8. The molecule has 0 saturated carbocycles. The van der Waals surface area contributed by atoms with E-state index in [2.05, 4.69) is 0 Å². The summed E-state index contributed by atoms with van der Waals surface area (Å²) in [5, 5.41) is 1.06. The smallest absolute Gasteiger partial charge is 0.336 e. The van der Waals surface area contributed by atoms with Gasteiger partial charge in [0, 0.05) is 22.9 Å². The van der Waals surface area contributed by atoms with Crippen molar-refractivity contribution in [2.75, 3.05) is 6.61 Å². The molecule has 0 unspecified atom stereocenters. The van der Waals surface area contributed by atoms with Crippen molar-refractivity contribution in [2.24, 2.45) is 5.41 Å². The molecule has 0 saturated heterocycles. The lowest BCUT2D eigenvalue weighted by molar-refractivity contribution is -0.128. The molecule has 1 aromatic heterocycles. The van der Waals surface area contributed by atoms with Gasteiger partial charge in [-0.05, 0) is 17.2 Å². The van der Waals surface area contributed by atoms with Crippen LogP contribution in [0.1, 0.15) is 20.8 Å². The van der Waals surface area contributed by atoms with Gasteiger partial charge in [0.15, 0.2) is 5.78 Å². The predicted octanol–water partition coefficient (Wildman–Crippen LogP) is 5.11. The zero-order chi connectivity index (χ0) is 18.9. The van der Waals surface area contributed by atoms with Gasteiger partial charge in [-0.3, -0.25) is 4.79 Å². The van der Waals surface area contributed by atoms with Crippen molar-refractivity contribution in [1.29, 1.82) is 0 Å². The number of Topliss-reactive ketones (excluding diaryl/α,β-unsaturated/α-hetero) is 1. The van der Waals surface area contributed by atoms with Crippen LogP contribution in [0.25, 0.3) is 22.1 Å². The highest BCUT2D eigenvalue weighted by molar-refractivity contribution is 6.33. The number of hydrogen-bond acceptors (Lipinski definition) is 4. The van der Waals surface area contributed by atoms with E-state index in [1.165, 1.54) is 6.07 Å². The number of carbonyl (C=O) groups excluding carboxylic acids is 1. The molecule has 3 aromatic rings. The van der Waals surface area contributed by atoms with Gasteiger partial charge in [-0.2, -0.15) is 0 Å². The molecule has 0 aliphatic rings. The lowest BCUT2D eigenvalue weighted by atomic mass is 9.91. The first-order valence-electron chi connectivity index (χ1n) is 8.24. The first-order chi connectivity index (χ1) is 12.3. The van der Waals surface area contributed by atoms with Crippen molar-refractivity contribution >= 4 is 28.4 Å². The summed E-state index contributed by atoms with van der Waals surface area (Å²) in [5.74, 6) is 0.262. The number of ether oxygens (including phenoxy) is 1. The summed E-state index contributed by atoms with van der Waals surface area (Å²) in [6.45, 7) is 5.38. The van der Waals surface area contributed by atoms with Gasteiger partial charge < -0.3 is 9.15 Å². The number of rotatable bonds is 4. The van der Waals surface area contributed by atoms with Crippen LogP contribution in [0.5, 0.6) is 5.75 Å². The fraction of sp³-hybridized carbons (Fsp3) is 0.238. The van der Waals surface area contributed by atoms with Crippen LogP contribution in [0.4, 0.5) is 0 Å². The number of hydrogen-bond donors (Lipinski definition) is 0. The van der Waals surface area contributed by atoms with Crippen LogP contribution < -0.4 is 10.4 Å². The minimum atomic E-state index is -0.504. The molecule has 134 valence electrons. The van der Waals surface area contributed by atoms with E-state index < -0.39 is 11.0 Å². The van der Waals surface area contributed by atoms with E-state index in [0.717, 1.165) is 11.1 Å². The molecule has 0 aliphatic carbocycles. The summed E-state index contributed by atoms with van der Waals surface area (Å²) in [5.41, 5.74) is 1.01. The fourth-order valence-electron chi connectivity index (χ4n) is 2.49. The van der Waals surface area contributed by atoms with Gasteiger partial charge in [0.2, 0.25) is 0 Å². The van der Waals surface area contributed by atoms with E-state index in [1.807, 2.05) is 51.1 Å². The molecule has 0 radical (unpaired) electrons. The Hall–Kier alpha value is -2.59. The summed E-state index contributed by atoms with van der Waals surface area (Å²) < 4.78 is 10.9. The van der Waals surface area contributed by atoms with Gasteiger partial charge in [0.1, 0.15) is 17.9 Å². The molecule has 2 aromatic carbocycles. The van der Waals surface area contributed by atoms with Gasteiger partial charge in [-0.1, -0.05) is 62.7 Å². The van der Waals surface area contributed by atoms with E-state index in [4.69, 9.17) is 20.8 Å². The van der Waals surface area contributed by atoms with Crippen molar-refractivity contribution in [2.45, 2.75) is 20.8 Å². The maximum absolute atomic E-state index is 12.1. The minimum absolute atomic E-state index is 0.0480. The van der Waals surface area contributed by atoms with E-state index in [9.17, 15) is 9.59 Å². The van der Waals surface area contributed by atoms with E-state index in [0.29, 0.717) is 21.7 Å². The van der Waals surface area contributed by atoms with E-state index >= 15 is 0 Å². The van der Waals surface area contributed by atoms with Gasteiger partial charge in [-0.15, -0.1) is 0 Å². The zero-order valence-corrected chi connectivity index (χ0v) is 15.6. The molecule has 0 bridgehead atoms. The largest absolute Gasteiger partial charge is 0.484 e. The second-order valence-corrected chi connectivity index (χ2v) is 7.49. The molecule has 0 N–H and O–H groups in total. The third-order valence-corrected chi connectivity index (χ3v) is 4.37. The summed E-state index contributed by atoms with van der Waals surface area (Å²) in [6, 6.07) is 14.2. The molecule has 0 amide bonds. The number of carbonyl (C=O) groups is 1. The van der Waals surface area contributed by atoms with Crippen molar-refractivity contribution < 1.29 is 13.9 Å². The van der Waals surface area contributed by atoms with Crippen LogP contribution in [-0.2, 0) is 4.79 Å². The van der Waals surface area contributed by atoms with Crippen LogP contribution in [0.2, 0.25) is 5.02 Å². The molecule has 4 nitrogen and oxygen atoms in total. The van der Waals surface area contributed by atoms with E-state index in [1.54, 1.807) is 12.1 Å². The Morgan fingerprint density at radius 2 is 1.81 bits per heavy atom. The van der Waals surface area contributed by atoms with Crippen LogP contribution in [0.3, 0.4) is 0 Å². The van der Waals surface area contributed by atoms with Crippen molar-refractivity contribution in [3.05, 3.63) is 64.0 Å². The molecular formula is C21H19ClO4. The van der Waals surface area contributed by atoms with Gasteiger partial charge in [0.05, 0.1) is 5.02 Å². The topological polar surface area (TPSA) is 56.5 Å². The second kappa shape index (κ2) is 6.96. The molecule has 0 aliphatic heterocycles. The van der Waals surface area contributed by atoms with E-state index in [-0.39, 0.29) is 12.4 Å². The molecule has 26 heavy (non-hydrogen) atoms. The second-order valence-electron chi connectivity index (χ2n) is 7.09. The quantitative estimate of drug-likeness (QED) is 0.599. The number of benzene rings is 2. The van der Waals surface area contributed by atoms with Crippen LogP contribution in [0.15, 0.2) is 57.7 Å². The maximum atomic E-state index is 12.1. The summed E-state index contributed by atoms with van der Waals surface area (Å²) in [4.78, 5) is 24.0. The molecule has 3 rings (SSSR count). The highest BCUT2D eigenvalue weighted by Gasteiger charge is 2.22. The number of halogens is 1. The fourth-order valence-corrected chi connectivity index (χ4v) is 2.71. The molecule has 0 fully saturated rings. The standard InChI is InChI=1S/C21H19ClO4/c1-21(2,3)19(23)12-25-18-11-17-15(9-16(18)22)14(10-20(24)26-17)13-7-5-4-6-8-13/h4-11H,12H2,1-3H3. The number of fused-ring (bicyclic) bond motifs is 1. The van der Waals surface area contributed by atoms with Crippen molar-refractivity contribution in [3.8, 4) is 16.9 Å². The van der Waals surface area contributed by atoms with Crippen LogP contribution >= 0.6 is 11.6 Å². The molecule has 5 heteroatoms. The maximum Gasteiger partial charge on any atom is 0.336 e. The van der Waals surface area contributed by atoms with Crippen LogP contribution in [0, 0.1) is 5.41 Å². The Bertz CT molecular complexity index is 1010. The highest BCUT2D eigenvalue weighted by atomic mass is 35.5. The van der Waals surface area contributed by atoms with Gasteiger partial charge in [-0.25, -0.2) is 4.79 Å². The molecule has 1 heterocycles. The summed E-state index contributed by atoms with van der Waals surface area (Å²) in [6.07, 6.45) is 0. The highest BCUT2D eigenvalue weighted by Crippen LogP contribution is 2.35. The Kier molecular flexibility index (Phi) is 4.88. The Morgan fingerprint density at radius 1 is 1.12 bits per heavy atom. The summed E-state index contributed by atoms with van der Waals surface area (Å²) in [7, 11) is 0. The minimum Gasteiger partial charge on any atom is -0.484 e. The van der Waals surface area contributed by atoms with Crippen LogP contribution in [-0.4, -0.2) is 12.4 Å². The first-order valence-corrected chi connectivity index (χ1v) is 8.62. The van der Waals surface area contributed by atoms with Gasteiger partial charge in [0.25, 0.3) is 0 Å². The van der Waals surface area contributed by atoms with Crippen molar-refractivity contribution in [1.82, 2.24) is 0 Å². The third kappa shape index (κ3) is 3.81. The molecule has 0 spiro atoms. The lowest BCUT2D eigenvalue weighted by Gasteiger charge is -2.17. The molecule has 0 atom stereocenters. The Morgan fingerprint density at radius 3 is 2.46 bits per heavy atom. The SMILES string of the molecule is CC(C)(C)C(=O)COc1cc2oc(=O)cc(-c3ccccc3)c2cc1Cl. The average molecular weight is 371 g/mol. The molecular weight excluding hydrogens is 352 g/mol. The summed E-state index contributed by atoms with van der Waals surface area (Å²) >= 11 is 6.34. The Labute approximate surface area is 156 Å². The monoisotopic (exact) mass is 370 g/mol. The first kappa shape index (κ1) is 18.2. The predicted molar refractivity (Wildman–Crippen MR) is 103 cm³/mol. The van der Waals surface area contributed by atoms with Crippen molar-refractivity contribution in [3.63, 3.8) is 0 Å².